The van der Waals surface area contributed by atoms with Gasteiger partial charge < -0.3 is 89.5 Å². The van der Waals surface area contributed by atoms with Gasteiger partial charge in [-0.15, -0.1) is 0 Å². The molecular weight excluding hydrogens is 1070 g/mol. The summed E-state index contributed by atoms with van der Waals surface area (Å²) in [6, 6.07) is 0. The Morgan fingerprint density at radius 1 is 0.463 bits per heavy atom. The number of unbranched alkanes of at least 4 members (excludes halogenated alkanes) is 22. The monoisotopic (exact) mass is 1180 g/mol. The summed E-state index contributed by atoms with van der Waals surface area (Å²) in [5.74, 6) is -0.636. The Bertz CT molecular complexity index is 1610. The Hall–Kier alpha value is -1.55. The van der Waals surface area contributed by atoms with Crippen LogP contribution in [0.3, 0.4) is 0 Å². The van der Waals surface area contributed by atoms with Crippen molar-refractivity contribution < 1.29 is 113 Å². The number of aliphatic hydroxyl groups is 11. The smallest absolute Gasteiger partial charge is 0.462 e. The average molecular weight is 1180 g/mol. The van der Waals surface area contributed by atoms with E-state index in [-0.39, 0.29) is 12.8 Å². The lowest BCUT2D eigenvalue weighted by atomic mass is 9.84. The molecule has 2 heterocycles. The summed E-state index contributed by atoms with van der Waals surface area (Å²) in [5, 5.41) is 117. The van der Waals surface area contributed by atoms with E-state index < -0.39 is 150 Å². The van der Waals surface area contributed by atoms with Crippen molar-refractivity contribution in [3.8, 4) is 0 Å². The Morgan fingerprint density at radius 3 is 1.23 bits per heavy atom. The molecule has 3 rings (SSSR count). The number of hydrogen-bond donors (Lipinski definition) is 12. The highest BCUT2D eigenvalue weighted by Gasteiger charge is 2.58. The Labute approximate surface area is 474 Å². The molecule has 472 valence electrons. The topological polar surface area (TPSA) is 368 Å². The molecular formula is C56H105O23P. The van der Waals surface area contributed by atoms with Crippen LogP contribution in [0, 0.1) is 5.92 Å². The summed E-state index contributed by atoms with van der Waals surface area (Å²) < 4.78 is 58.2. The van der Waals surface area contributed by atoms with Crippen molar-refractivity contribution in [3.63, 3.8) is 0 Å². The third-order valence-electron chi connectivity index (χ3n) is 15.6. The van der Waals surface area contributed by atoms with Crippen LogP contribution in [0.15, 0.2) is 0 Å². The predicted molar refractivity (Wildman–Crippen MR) is 291 cm³/mol. The van der Waals surface area contributed by atoms with Gasteiger partial charge in [-0.3, -0.25) is 18.6 Å². The second kappa shape index (κ2) is 40.7. The molecule has 17 atom stereocenters. The van der Waals surface area contributed by atoms with Crippen molar-refractivity contribution in [1.29, 1.82) is 0 Å². The van der Waals surface area contributed by atoms with Crippen LogP contribution >= 0.6 is 7.82 Å². The van der Waals surface area contributed by atoms with Crippen LogP contribution < -0.4 is 0 Å². The van der Waals surface area contributed by atoms with Crippen LogP contribution in [0.4, 0.5) is 0 Å². The highest BCUT2D eigenvalue weighted by molar-refractivity contribution is 7.47. The first-order valence-corrected chi connectivity index (χ1v) is 31.8. The third kappa shape index (κ3) is 26.4. The molecule has 3 fully saturated rings. The van der Waals surface area contributed by atoms with Gasteiger partial charge in [0.25, 0.3) is 0 Å². The van der Waals surface area contributed by atoms with Gasteiger partial charge in [-0.25, -0.2) is 4.57 Å². The number of phosphoric ester groups is 1. The molecule has 1 aliphatic carbocycles. The average Bonchev–Trinajstić information content (AvgIpc) is 3.62. The standard InChI is InChI=1S/C56H105O23P/c1-4-6-8-10-12-13-14-15-16-17-18-23-27-31-41(59)72-35-38(74-42(60)32-28-24-20-19-22-26-30-37(3)29-25-21-11-9-7-5-2)36-73-80(70,71)79-54-52(77-55-50(68)45(63)43(61)39(33-57)75-55)48(66)47(65)49(67)53(54)78-56-51(69)46(64)44(62)40(34-58)76-56/h37-40,43-58,61-69H,4-36H2,1-3H3,(H,70,71). The summed E-state index contributed by atoms with van der Waals surface area (Å²) >= 11 is 0. The fraction of sp³-hybridized carbons (Fsp3) is 0.964. The molecule has 0 radical (unpaired) electrons. The van der Waals surface area contributed by atoms with Gasteiger partial charge in [-0.1, -0.05) is 181 Å². The largest absolute Gasteiger partial charge is 0.472 e. The molecule has 0 amide bonds. The van der Waals surface area contributed by atoms with Gasteiger partial charge in [-0.05, 0) is 18.8 Å². The number of carbonyl (C=O) groups excluding carboxylic acids is 2. The molecule has 80 heavy (non-hydrogen) atoms. The van der Waals surface area contributed by atoms with Crippen molar-refractivity contribution in [2.75, 3.05) is 26.4 Å². The van der Waals surface area contributed by atoms with Crippen LogP contribution in [0.2, 0.25) is 0 Å². The molecule has 23 nitrogen and oxygen atoms in total. The maximum Gasteiger partial charge on any atom is 0.472 e. The molecule has 24 heteroatoms. The minimum absolute atomic E-state index is 0.0277. The zero-order valence-corrected chi connectivity index (χ0v) is 48.9. The molecule has 0 aromatic carbocycles. The molecule has 2 aliphatic heterocycles. The molecule has 0 aromatic heterocycles. The zero-order chi connectivity index (χ0) is 59.0. The Balaban J connectivity index is 1.70. The van der Waals surface area contributed by atoms with E-state index in [0.717, 1.165) is 57.8 Å². The molecule has 0 bridgehead atoms. The molecule has 3 aliphatic rings. The predicted octanol–water partition coefficient (Wildman–Crippen LogP) is 4.40. The fourth-order valence-corrected chi connectivity index (χ4v) is 11.4. The molecule has 1 saturated carbocycles. The number of esters is 2. The highest BCUT2D eigenvalue weighted by Crippen LogP contribution is 2.49. The van der Waals surface area contributed by atoms with Crippen LogP contribution in [-0.2, 0) is 51.6 Å². The van der Waals surface area contributed by atoms with Crippen molar-refractivity contribution in [3.05, 3.63) is 0 Å². The quantitative estimate of drug-likeness (QED) is 0.0228. The lowest BCUT2D eigenvalue weighted by molar-refractivity contribution is -0.360. The fourth-order valence-electron chi connectivity index (χ4n) is 10.4. The highest BCUT2D eigenvalue weighted by atomic mass is 31.2. The number of carbonyl (C=O) groups is 2. The van der Waals surface area contributed by atoms with Gasteiger partial charge in [0.2, 0.25) is 0 Å². The third-order valence-corrected chi connectivity index (χ3v) is 16.6. The normalized spacial score (nSPS) is 31.6. The number of hydrogen-bond acceptors (Lipinski definition) is 22. The SMILES string of the molecule is CCCCCCCCCCCCCCCC(=O)OCC(COP(=O)(O)OC1C(OC2OC(CO)C(O)C(O)C2O)C(O)C(O)C(O)C1OC1OC(CO)C(O)C(O)C1O)OC(=O)CCCCCCCCC(C)CCCCCCCC. The van der Waals surface area contributed by atoms with Gasteiger partial charge >= 0.3 is 19.8 Å². The number of aliphatic hydroxyl groups excluding tert-OH is 11. The summed E-state index contributed by atoms with van der Waals surface area (Å²) in [7, 11) is -5.63. The number of rotatable bonds is 44. The number of phosphoric acid groups is 1. The van der Waals surface area contributed by atoms with Crippen LogP contribution in [0.25, 0.3) is 0 Å². The Kier molecular flexibility index (Phi) is 37.0. The van der Waals surface area contributed by atoms with E-state index in [1.807, 2.05) is 0 Å². The van der Waals surface area contributed by atoms with E-state index >= 15 is 0 Å². The minimum atomic E-state index is -5.63. The minimum Gasteiger partial charge on any atom is -0.462 e. The van der Waals surface area contributed by atoms with Crippen molar-refractivity contribution >= 4 is 19.8 Å². The van der Waals surface area contributed by atoms with Gasteiger partial charge in [0.15, 0.2) is 18.7 Å². The Morgan fingerprint density at radius 2 is 0.825 bits per heavy atom. The van der Waals surface area contributed by atoms with Crippen LogP contribution in [0.1, 0.15) is 207 Å². The second-order valence-corrected chi connectivity index (χ2v) is 23.9. The van der Waals surface area contributed by atoms with Gasteiger partial charge in [0.1, 0.15) is 92.1 Å². The van der Waals surface area contributed by atoms with Gasteiger partial charge in [-0.2, -0.15) is 0 Å². The summed E-state index contributed by atoms with van der Waals surface area (Å²) in [6.45, 7) is 3.34. The van der Waals surface area contributed by atoms with E-state index in [1.54, 1.807) is 0 Å². The lowest BCUT2D eigenvalue weighted by Crippen LogP contribution is -2.69. The van der Waals surface area contributed by atoms with Gasteiger partial charge in [0.05, 0.1) is 19.8 Å². The van der Waals surface area contributed by atoms with E-state index in [9.17, 15) is 75.2 Å². The zero-order valence-electron chi connectivity index (χ0n) is 48.0. The van der Waals surface area contributed by atoms with Crippen LogP contribution in [-0.4, -0.2) is 204 Å². The number of ether oxygens (including phenoxy) is 6. The van der Waals surface area contributed by atoms with E-state index in [4.69, 9.17) is 37.5 Å². The van der Waals surface area contributed by atoms with E-state index in [0.29, 0.717) is 18.8 Å². The van der Waals surface area contributed by atoms with E-state index in [2.05, 4.69) is 20.8 Å². The first-order valence-electron chi connectivity index (χ1n) is 30.3. The molecule has 0 spiro atoms. The maximum absolute atomic E-state index is 14.0. The molecule has 2 saturated heterocycles. The summed E-state index contributed by atoms with van der Waals surface area (Å²) in [4.78, 5) is 37.6. The maximum atomic E-state index is 14.0. The van der Waals surface area contributed by atoms with Crippen molar-refractivity contribution in [2.45, 2.75) is 311 Å². The summed E-state index contributed by atoms with van der Waals surface area (Å²) in [5.41, 5.74) is 0. The molecule has 0 aromatic rings. The van der Waals surface area contributed by atoms with Crippen molar-refractivity contribution in [2.24, 2.45) is 5.92 Å². The first kappa shape index (κ1) is 72.7. The molecule has 12 N–H and O–H groups in total. The molecule has 17 unspecified atom stereocenters. The first-order chi connectivity index (χ1) is 38.3. The van der Waals surface area contributed by atoms with E-state index in [1.165, 1.54) is 103 Å². The van der Waals surface area contributed by atoms with Crippen molar-refractivity contribution in [1.82, 2.24) is 0 Å². The lowest BCUT2D eigenvalue weighted by Gasteiger charge is -2.49. The second-order valence-electron chi connectivity index (χ2n) is 22.5. The summed E-state index contributed by atoms with van der Waals surface area (Å²) in [6.07, 6.45) is -4.84. The van der Waals surface area contributed by atoms with Crippen LogP contribution in [0.5, 0.6) is 0 Å². The van der Waals surface area contributed by atoms with Gasteiger partial charge in [0, 0.05) is 12.8 Å².